The number of hydrogen-bond donors (Lipinski definition) is 3. The number of aromatic amines is 1. The largest absolute Gasteiger partial charge is 0.417 e. The number of carbonyl (C=O) groups is 1. The fraction of sp³-hybridized carbons (Fsp3) is 0.400. The van der Waals surface area contributed by atoms with Crippen LogP contribution in [0.25, 0.3) is 23.0 Å². The summed E-state index contributed by atoms with van der Waals surface area (Å²) in [5.74, 6) is -1.25. The van der Waals surface area contributed by atoms with E-state index in [0.717, 1.165) is 38.1 Å². The molecule has 4 rings (SSSR count). The number of nitrogens with zero attached hydrogens (tertiary/aromatic N) is 1. The van der Waals surface area contributed by atoms with E-state index in [1.165, 1.54) is 0 Å². The van der Waals surface area contributed by atoms with E-state index in [9.17, 15) is 22.4 Å². The van der Waals surface area contributed by atoms with Gasteiger partial charge in [-0.25, -0.2) is 9.37 Å². The topological polar surface area (TPSA) is 69.8 Å². The number of alkyl halides is 3. The first-order valence-corrected chi connectivity index (χ1v) is 9.51. The lowest BCUT2D eigenvalue weighted by Gasteiger charge is -2.24. The summed E-state index contributed by atoms with van der Waals surface area (Å²) in [6.07, 6.45) is -0.219. The van der Waals surface area contributed by atoms with Gasteiger partial charge in [-0.15, -0.1) is 0 Å². The number of halogens is 4. The van der Waals surface area contributed by atoms with Crippen molar-refractivity contribution in [2.75, 3.05) is 13.1 Å². The third-order valence-electron chi connectivity index (χ3n) is 5.25. The molecule has 2 aliphatic rings. The van der Waals surface area contributed by atoms with Crippen molar-refractivity contribution >= 4 is 17.6 Å². The Balaban J connectivity index is 1.74. The molecule has 0 radical (unpaired) electrons. The van der Waals surface area contributed by atoms with Crippen molar-refractivity contribution in [2.24, 2.45) is 0 Å². The molecule has 0 atom stereocenters. The second-order valence-corrected chi connectivity index (χ2v) is 7.25. The molecule has 0 unspecified atom stereocenters. The Labute approximate surface area is 163 Å². The van der Waals surface area contributed by atoms with Crippen LogP contribution in [0.2, 0.25) is 0 Å². The van der Waals surface area contributed by atoms with Gasteiger partial charge in [0.15, 0.2) is 0 Å². The molecule has 1 saturated heterocycles. The lowest BCUT2D eigenvalue weighted by molar-refractivity contribution is -0.137. The predicted molar refractivity (Wildman–Crippen MR) is 99.4 cm³/mol. The quantitative estimate of drug-likeness (QED) is 0.679. The first-order valence-electron chi connectivity index (χ1n) is 9.51. The molecule has 9 heteroatoms. The number of rotatable bonds is 3. The zero-order valence-corrected chi connectivity index (χ0v) is 15.5. The number of amides is 1. The molecule has 0 bridgehead atoms. The van der Waals surface area contributed by atoms with E-state index in [0.29, 0.717) is 35.2 Å². The number of fused-ring (bicyclic) bond motifs is 1. The number of H-pyrrole nitrogens is 1. The molecule has 5 nitrogen and oxygen atoms in total. The van der Waals surface area contributed by atoms with Gasteiger partial charge in [-0.2, -0.15) is 13.2 Å². The monoisotopic (exact) mass is 408 g/mol. The summed E-state index contributed by atoms with van der Waals surface area (Å²) in [7, 11) is 0. The van der Waals surface area contributed by atoms with Crippen molar-refractivity contribution in [2.45, 2.75) is 37.9 Å². The lowest BCUT2D eigenvalue weighted by Crippen LogP contribution is -2.45. The van der Waals surface area contributed by atoms with Gasteiger partial charge in [0.1, 0.15) is 11.6 Å². The summed E-state index contributed by atoms with van der Waals surface area (Å²) in [6.45, 7) is 1.66. The summed E-state index contributed by atoms with van der Waals surface area (Å²) < 4.78 is 53.5. The smallest absolute Gasteiger partial charge is 0.349 e. The third-order valence-corrected chi connectivity index (χ3v) is 5.25. The molecule has 2 heterocycles. The summed E-state index contributed by atoms with van der Waals surface area (Å²) in [6, 6.07) is 2.54. The molecule has 1 amide bonds. The van der Waals surface area contributed by atoms with Gasteiger partial charge in [-0.3, -0.25) is 4.79 Å². The van der Waals surface area contributed by atoms with Crippen LogP contribution in [0.4, 0.5) is 17.6 Å². The third kappa shape index (κ3) is 4.05. The minimum atomic E-state index is -4.73. The summed E-state index contributed by atoms with van der Waals surface area (Å²) >= 11 is 0. The predicted octanol–water partition coefficient (Wildman–Crippen LogP) is 1.83. The second-order valence-electron chi connectivity index (χ2n) is 7.25. The van der Waals surface area contributed by atoms with E-state index in [4.69, 9.17) is 0 Å². The van der Waals surface area contributed by atoms with Crippen LogP contribution in [0.1, 0.15) is 31.2 Å². The van der Waals surface area contributed by atoms with Gasteiger partial charge in [0.2, 0.25) is 5.91 Å². The molecule has 1 fully saturated rings. The molecule has 3 N–H and O–H groups in total. The first-order chi connectivity index (χ1) is 13.8. The first kappa shape index (κ1) is 19.6. The Morgan fingerprint density at radius 1 is 1.21 bits per heavy atom. The van der Waals surface area contributed by atoms with E-state index >= 15 is 0 Å². The van der Waals surface area contributed by atoms with Crippen LogP contribution in [0, 0.1) is 5.82 Å². The molecule has 0 saturated carbocycles. The van der Waals surface area contributed by atoms with Crippen LogP contribution >= 0.6 is 0 Å². The Hall–Kier alpha value is -2.68. The van der Waals surface area contributed by atoms with Crippen LogP contribution in [0.3, 0.4) is 0 Å². The van der Waals surface area contributed by atoms with E-state index in [2.05, 4.69) is 20.6 Å². The lowest BCUT2D eigenvalue weighted by atomic mass is 10.0. The van der Waals surface area contributed by atoms with Gasteiger partial charge in [0, 0.05) is 17.2 Å². The van der Waals surface area contributed by atoms with Gasteiger partial charge in [0.05, 0.1) is 16.3 Å². The number of carbonyl (C=O) groups excluding carboxylic acids is 1. The Morgan fingerprint density at radius 2 is 1.97 bits per heavy atom. The highest BCUT2D eigenvalue weighted by Crippen LogP contribution is 2.36. The summed E-state index contributed by atoms with van der Waals surface area (Å²) in [4.78, 5) is 20.0. The zero-order valence-electron chi connectivity index (χ0n) is 15.5. The van der Waals surface area contributed by atoms with Crippen LogP contribution in [0.5, 0.6) is 0 Å². The summed E-state index contributed by atoms with van der Waals surface area (Å²) in [5, 5.41) is 7.10. The van der Waals surface area contributed by atoms with E-state index in [-0.39, 0.29) is 23.3 Å². The van der Waals surface area contributed by atoms with Crippen molar-refractivity contribution in [3.63, 3.8) is 0 Å². The van der Waals surface area contributed by atoms with Crippen molar-refractivity contribution in [3.05, 3.63) is 40.3 Å². The highest BCUT2D eigenvalue weighted by atomic mass is 19.4. The van der Waals surface area contributed by atoms with E-state index in [1.807, 2.05) is 6.08 Å². The van der Waals surface area contributed by atoms with Gasteiger partial charge in [-0.05, 0) is 57.0 Å². The Bertz CT molecular complexity index is 1050. The Kier molecular flexibility index (Phi) is 5.16. The minimum Gasteiger partial charge on any atom is -0.349 e. The average molecular weight is 408 g/mol. The number of aromatic nitrogens is 2. The number of piperidine rings is 1. The number of nitrogens with one attached hydrogen (secondary N) is 3. The number of benzene rings is 1. The van der Waals surface area contributed by atoms with Crippen molar-refractivity contribution in [3.8, 4) is 11.4 Å². The number of hydrogen-bond acceptors (Lipinski definition) is 3. The fourth-order valence-electron chi connectivity index (χ4n) is 3.79. The summed E-state index contributed by atoms with van der Waals surface area (Å²) in [5.41, 5.74) is -0.900. The van der Waals surface area contributed by atoms with Crippen molar-refractivity contribution < 1.29 is 22.4 Å². The van der Waals surface area contributed by atoms with Gasteiger partial charge in [-0.1, -0.05) is 6.08 Å². The molecule has 0 spiro atoms. The zero-order chi connectivity index (χ0) is 20.6. The molecule has 2 aromatic rings. The van der Waals surface area contributed by atoms with Crippen LogP contribution in [-0.2, 0) is 11.0 Å². The van der Waals surface area contributed by atoms with Crippen LogP contribution < -0.4 is 21.3 Å². The molecule has 1 aromatic carbocycles. The highest BCUT2D eigenvalue weighted by molar-refractivity contribution is 6.13. The Morgan fingerprint density at radius 3 is 2.69 bits per heavy atom. The highest BCUT2D eigenvalue weighted by Gasteiger charge is 2.35. The van der Waals surface area contributed by atoms with Crippen molar-refractivity contribution in [1.29, 1.82) is 0 Å². The number of imidazole rings is 1. The average Bonchev–Trinajstić information content (AvgIpc) is 3.12. The van der Waals surface area contributed by atoms with Crippen LogP contribution in [-0.4, -0.2) is 35.0 Å². The van der Waals surface area contributed by atoms with Gasteiger partial charge in [0.25, 0.3) is 0 Å². The maximum atomic E-state index is 13.4. The van der Waals surface area contributed by atoms with E-state index in [1.54, 1.807) is 0 Å². The molecule has 1 aliphatic carbocycles. The molecule has 29 heavy (non-hydrogen) atoms. The molecule has 1 aromatic heterocycles. The van der Waals surface area contributed by atoms with Gasteiger partial charge < -0.3 is 15.6 Å². The molecular weight excluding hydrogens is 388 g/mol. The van der Waals surface area contributed by atoms with Gasteiger partial charge >= 0.3 is 6.18 Å². The SMILES string of the molecule is O=C(NC1CCNCC1)C1=c2nc(-c3ccc(F)cc3C(F)(F)F)[nH]c2=CCC1. The maximum Gasteiger partial charge on any atom is 0.417 e. The second kappa shape index (κ2) is 7.62. The molecule has 1 aliphatic heterocycles. The standard InChI is InChI=1S/C20H20F4N4O/c21-11-4-5-13(15(10-11)20(22,23)24)18-27-16-3-1-2-14(17(16)28-18)19(29)26-12-6-8-25-9-7-12/h3-5,10,12,25H,1-2,6-9H2,(H,26,29)(H,27,28). The molecule has 154 valence electrons. The van der Waals surface area contributed by atoms with Crippen LogP contribution in [0.15, 0.2) is 18.2 Å². The fourth-order valence-corrected chi connectivity index (χ4v) is 3.79. The van der Waals surface area contributed by atoms with Crippen molar-refractivity contribution in [1.82, 2.24) is 20.6 Å². The minimum absolute atomic E-state index is 0.0346. The molecular formula is C20H20F4N4O. The normalized spacial score (nSPS) is 17.6. The maximum absolute atomic E-state index is 13.4. The van der Waals surface area contributed by atoms with E-state index < -0.39 is 17.6 Å².